The predicted molar refractivity (Wildman–Crippen MR) is 102 cm³/mol. The highest BCUT2D eigenvalue weighted by Crippen LogP contribution is 2.23. The zero-order valence-electron chi connectivity index (χ0n) is 15.2. The predicted octanol–water partition coefficient (Wildman–Crippen LogP) is 2.91. The molecule has 0 spiro atoms. The molecule has 2 heterocycles. The number of nitrogens with two attached hydrogens (primary N) is 1. The Balaban J connectivity index is 1.41. The smallest absolute Gasteiger partial charge is 0.145 e. The molecule has 2 aliphatic heterocycles. The summed E-state index contributed by atoms with van der Waals surface area (Å²) in [4.78, 5) is 4.41. The van der Waals surface area contributed by atoms with Crippen LogP contribution in [0.25, 0.3) is 0 Å². The van der Waals surface area contributed by atoms with Crippen LogP contribution in [0.3, 0.4) is 0 Å². The van der Waals surface area contributed by atoms with Crippen molar-refractivity contribution < 1.29 is 13.9 Å². The number of hydrogen-bond acceptors (Lipinski definition) is 5. The first-order chi connectivity index (χ1) is 13.2. The molecule has 4 rings (SSSR count). The molecule has 0 radical (unpaired) electrons. The van der Waals surface area contributed by atoms with E-state index in [0.29, 0.717) is 30.9 Å². The number of ether oxygens (including phenoxy) is 2. The van der Waals surface area contributed by atoms with E-state index in [1.165, 1.54) is 6.07 Å². The Kier molecular flexibility index (Phi) is 5.36. The molecule has 0 saturated carbocycles. The van der Waals surface area contributed by atoms with Crippen LogP contribution in [0.1, 0.15) is 29.5 Å². The van der Waals surface area contributed by atoms with Gasteiger partial charge in [0.2, 0.25) is 0 Å². The normalized spacial score (nSPS) is 17.9. The zero-order valence-corrected chi connectivity index (χ0v) is 15.2. The molecule has 5 nitrogen and oxygen atoms in total. The van der Waals surface area contributed by atoms with E-state index >= 15 is 0 Å². The van der Waals surface area contributed by atoms with Gasteiger partial charge in [0.15, 0.2) is 0 Å². The van der Waals surface area contributed by atoms with Crippen molar-refractivity contribution in [2.24, 2.45) is 10.8 Å². The average Bonchev–Trinajstić information content (AvgIpc) is 3.11. The molecule has 2 aromatic carbocycles. The number of halogens is 1. The van der Waals surface area contributed by atoms with Crippen LogP contribution >= 0.6 is 0 Å². The quantitative estimate of drug-likeness (QED) is 0.824. The standard InChI is InChI=1S/C21H24FN3O2/c22-20-14-19(27-18-7-11-26-12-8-18)6-5-17(20)13-15-1-3-16(4-2-15)21-24-9-10-25(21)23/h1-6,14,18H,7-13,23H2. The zero-order chi connectivity index (χ0) is 18.6. The van der Waals surface area contributed by atoms with E-state index in [0.717, 1.165) is 42.9 Å². The molecule has 1 saturated heterocycles. The van der Waals surface area contributed by atoms with E-state index in [1.807, 2.05) is 30.3 Å². The van der Waals surface area contributed by atoms with E-state index in [4.69, 9.17) is 15.3 Å². The second-order valence-corrected chi connectivity index (χ2v) is 6.96. The Morgan fingerprint density at radius 3 is 2.59 bits per heavy atom. The van der Waals surface area contributed by atoms with Gasteiger partial charge in [0, 0.05) is 30.9 Å². The number of nitrogens with zero attached hydrogens (tertiary/aromatic N) is 2. The summed E-state index contributed by atoms with van der Waals surface area (Å²) in [6.45, 7) is 2.87. The highest BCUT2D eigenvalue weighted by molar-refractivity contribution is 5.99. The third-order valence-corrected chi connectivity index (χ3v) is 4.98. The van der Waals surface area contributed by atoms with Crippen LogP contribution in [0.15, 0.2) is 47.5 Å². The van der Waals surface area contributed by atoms with Gasteiger partial charge in [0.1, 0.15) is 23.5 Å². The van der Waals surface area contributed by atoms with Crippen molar-refractivity contribution in [3.05, 3.63) is 65.0 Å². The van der Waals surface area contributed by atoms with Gasteiger partial charge in [-0.2, -0.15) is 0 Å². The molecule has 0 bridgehead atoms. The lowest BCUT2D eigenvalue weighted by molar-refractivity contribution is 0.0254. The van der Waals surface area contributed by atoms with E-state index in [-0.39, 0.29) is 11.9 Å². The lowest BCUT2D eigenvalue weighted by atomic mass is 10.0. The van der Waals surface area contributed by atoms with E-state index in [2.05, 4.69) is 4.99 Å². The molecule has 0 atom stereocenters. The van der Waals surface area contributed by atoms with Gasteiger partial charge in [-0.3, -0.25) is 10.0 Å². The van der Waals surface area contributed by atoms with Crippen molar-refractivity contribution in [3.63, 3.8) is 0 Å². The Morgan fingerprint density at radius 2 is 1.93 bits per heavy atom. The Labute approximate surface area is 158 Å². The number of hydrogen-bond donors (Lipinski definition) is 1. The lowest BCUT2D eigenvalue weighted by Gasteiger charge is -2.23. The van der Waals surface area contributed by atoms with Crippen molar-refractivity contribution in [3.8, 4) is 5.75 Å². The molecule has 142 valence electrons. The van der Waals surface area contributed by atoms with Gasteiger partial charge in [0.05, 0.1) is 26.3 Å². The number of aliphatic imine (C=N–C) groups is 1. The van der Waals surface area contributed by atoms with Crippen LogP contribution in [0.4, 0.5) is 4.39 Å². The molecule has 0 aromatic heterocycles. The van der Waals surface area contributed by atoms with Crippen molar-refractivity contribution in [2.45, 2.75) is 25.4 Å². The Morgan fingerprint density at radius 1 is 1.15 bits per heavy atom. The number of amidine groups is 1. The summed E-state index contributed by atoms with van der Waals surface area (Å²) in [6.07, 6.45) is 2.34. The second-order valence-electron chi connectivity index (χ2n) is 6.96. The monoisotopic (exact) mass is 369 g/mol. The fourth-order valence-corrected chi connectivity index (χ4v) is 3.44. The molecule has 2 N–H and O–H groups in total. The maximum atomic E-state index is 14.5. The van der Waals surface area contributed by atoms with E-state index < -0.39 is 0 Å². The van der Waals surface area contributed by atoms with Gasteiger partial charge in [-0.15, -0.1) is 0 Å². The molecule has 27 heavy (non-hydrogen) atoms. The number of hydrazine groups is 1. The molecule has 2 aromatic rings. The van der Waals surface area contributed by atoms with Gasteiger partial charge >= 0.3 is 0 Å². The molecular weight excluding hydrogens is 345 g/mol. The van der Waals surface area contributed by atoms with E-state index in [9.17, 15) is 4.39 Å². The van der Waals surface area contributed by atoms with Crippen molar-refractivity contribution in [2.75, 3.05) is 26.3 Å². The van der Waals surface area contributed by atoms with Crippen LogP contribution in [0.5, 0.6) is 5.75 Å². The van der Waals surface area contributed by atoms with Gasteiger partial charge in [-0.05, 0) is 17.2 Å². The SMILES string of the molecule is NN1CCN=C1c1ccc(Cc2ccc(OC3CCOCC3)cc2F)cc1. The number of benzene rings is 2. The molecule has 2 aliphatic rings. The summed E-state index contributed by atoms with van der Waals surface area (Å²) in [5.74, 6) is 7.06. The molecule has 1 fully saturated rings. The van der Waals surface area contributed by atoms with Gasteiger partial charge in [-0.1, -0.05) is 30.3 Å². The first-order valence-electron chi connectivity index (χ1n) is 9.38. The minimum Gasteiger partial charge on any atom is -0.490 e. The molecule has 0 aliphatic carbocycles. The maximum absolute atomic E-state index is 14.5. The topological polar surface area (TPSA) is 60.1 Å². The van der Waals surface area contributed by atoms with E-state index in [1.54, 1.807) is 11.1 Å². The summed E-state index contributed by atoms with van der Waals surface area (Å²) < 4.78 is 25.7. The van der Waals surface area contributed by atoms with Crippen LogP contribution in [0, 0.1) is 5.82 Å². The van der Waals surface area contributed by atoms with Gasteiger partial charge < -0.3 is 9.47 Å². The summed E-state index contributed by atoms with van der Waals surface area (Å²) in [5, 5.41) is 1.66. The minimum absolute atomic E-state index is 0.108. The third kappa shape index (κ3) is 4.28. The maximum Gasteiger partial charge on any atom is 0.145 e. The first kappa shape index (κ1) is 17.9. The fourth-order valence-electron chi connectivity index (χ4n) is 3.44. The fraction of sp³-hybridized carbons (Fsp3) is 0.381. The summed E-state index contributed by atoms with van der Waals surface area (Å²) in [7, 11) is 0. The summed E-state index contributed by atoms with van der Waals surface area (Å²) in [6, 6.07) is 13.1. The van der Waals surface area contributed by atoms with Crippen LogP contribution in [-0.2, 0) is 11.2 Å². The summed E-state index contributed by atoms with van der Waals surface area (Å²) >= 11 is 0. The summed E-state index contributed by atoms with van der Waals surface area (Å²) in [5.41, 5.74) is 2.68. The highest BCUT2D eigenvalue weighted by Gasteiger charge is 2.17. The minimum atomic E-state index is -0.239. The largest absolute Gasteiger partial charge is 0.490 e. The Hall–Kier alpha value is -2.44. The second kappa shape index (κ2) is 8.06. The van der Waals surface area contributed by atoms with Crippen molar-refractivity contribution in [1.29, 1.82) is 0 Å². The van der Waals surface area contributed by atoms with Gasteiger partial charge in [-0.25, -0.2) is 10.2 Å². The van der Waals surface area contributed by atoms with Crippen molar-refractivity contribution >= 4 is 5.84 Å². The van der Waals surface area contributed by atoms with Gasteiger partial charge in [0.25, 0.3) is 0 Å². The first-order valence-corrected chi connectivity index (χ1v) is 9.38. The molecule has 6 heteroatoms. The highest BCUT2D eigenvalue weighted by atomic mass is 19.1. The average molecular weight is 369 g/mol. The molecule has 0 amide bonds. The van der Waals surface area contributed by atoms with Crippen LogP contribution in [0.2, 0.25) is 0 Å². The molecular formula is C21H24FN3O2. The third-order valence-electron chi connectivity index (χ3n) is 4.98. The van der Waals surface area contributed by atoms with Crippen LogP contribution < -0.4 is 10.6 Å². The molecule has 0 unspecified atom stereocenters. The van der Waals surface area contributed by atoms with Crippen LogP contribution in [-0.4, -0.2) is 43.3 Å². The lowest BCUT2D eigenvalue weighted by Crippen LogP contribution is -2.34. The van der Waals surface area contributed by atoms with Crippen molar-refractivity contribution in [1.82, 2.24) is 5.01 Å². The Bertz CT molecular complexity index is 817. The number of rotatable bonds is 5.